The van der Waals surface area contributed by atoms with E-state index in [1.54, 1.807) is 0 Å². The average molecular weight is 457 g/mol. The Labute approximate surface area is 196 Å². The minimum Gasteiger partial charge on any atom is -0.444 e. The second-order valence-corrected chi connectivity index (χ2v) is 9.76. The first-order chi connectivity index (χ1) is 15.4. The topological polar surface area (TPSA) is 85.9 Å². The first kappa shape index (κ1) is 26.2. The molecule has 0 fully saturated rings. The summed E-state index contributed by atoms with van der Waals surface area (Å²) in [5.41, 5.74) is 0.559. The minimum atomic E-state index is -0.609. The molecule has 180 valence electrons. The highest BCUT2D eigenvalue weighted by molar-refractivity contribution is 5.69. The molecular weight excluding hydrogens is 420 g/mol. The van der Waals surface area contributed by atoms with E-state index in [0.717, 1.165) is 11.1 Å². The van der Waals surface area contributed by atoms with E-state index in [9.17, 15) is 9.59 Å². The van der Waals surface area contributed by atoms with E-state index >= 15 is 0 Å². The van der Waals surface area contributed by atoms with Gasteiger partial charge >= 0.3 is 12.2 Å². The fraction of sp³-hybridized carbons (Fsp3) is 0.462. The highest BCUT2D eigenvalue weighted by atomic mass is 16.6. The van der Waals surface area contributed by atoms with Crippen molar-refractivity contribution in [2.24, 2.45) is 0 Å². The van der Waals surface area contributed by atoms with Crippen LogP contribution in [0.3, 0.4) is 0 Å². The normalized spacial score (nSPS) is 13.5. The molecule has 0 heterocycles. The van der Waals surface area contributed by atoms with Crippen LogP contribution in [0.2, 0.25) is 0 Å². The lowest BCUT2D eigenvalue weighted by Crippen LogP contribution is -2.38. The number of alkyl carbamates (subject to hydrolysis) is 2. The van der Waals surface area contributed by atoms with Crippen LogP contribution in [0.4, 0.5) is 9.59 Å². The Balaban J connectivity index is 2.08. The number of rotatable bonds is 8. The van der Waals surface area contributed by atoms with Gasteiger partial charge in [-0.25, -0.2) is 9.59 Å². The zero-order valence-corrected chi connectivity index (χ0v) is 20.4. The fourth-order valence-electron chi connectivity index (χ4n) is 3.02. The number of benzene rings is 2. The molecule has 0 bridgehead atoms. The Kier molecular flexibility index (Phi) is 9.29. The lowest BCUT2D eigenvalue weighted by molar-refractivity contribution is 0.0374. The summed E-state index contributed by atoms with van der Waals surface area (Å²) < 4.78 is 16.8. The van der Waals surface area contributed by atoms with E-state index < -0.39 is 35.5 Å². The van der Waals surface area contributed by atoms with Crippen LogP contribution in [0.25, 0.3) is 0 Å². The summed E-state index contributed by atoms with van der Waals surface area (Å²) >= 11 is 0. The maximum Gasteiger partial charge on any atom is 0.408 e. The third kappa shape index (κ3) is 10.4. The van der Waals surface area contributed by atoms with Gasteiger partial charge in [-0.15, -0.1) is 0 Å². The SMILES string of the molecule is CC(C)(C)OC(=O)N[C@@H](COC[C@@H](NC(=O)OC(C)(C)C)c1ccccc1)c1ccccc1. The highest BCUT2D eigenvalue weighted by Gasteiger charge is 2.23. The first-order valence-electron chi connectivity index (χ1n) is 11.1. The third-order valence-corrected chi connectivity index (χ3v) is 4.35. The summed E-state index contributed by atoms with van der Waals surface area (Å²) in [4.78, 5) is 24.8. The second-order valence-electron chi connectivity index (χ2n) is 9.76. The Bertz CT molecular complexity index is 800. The molecule has 0 aliphatic heterocycles. The smallest absolute Gasteiger partial charge is 0.408 e. The summed E-state index contributed by atoms with van der Waals surface area (Å²) in [6.45, 7) is 11.3. The zero-order chi connectivity index (χ0) is 24.5. The van der Waals surface area contributed by atoms with E-state index in [-0.39, 0.29) is 13.2 Å². The molecule has 7 nitrogen and oxygen atoms in total. The summed E-state index contributed by atoms with van der Waals surface area (Å²) in [5, 5.41) is 5.75. The molecule has 0 saturated heterocycles. The van der Waals surface area contributed by atoms with Crippen molar-refractivity contribution in [3.05, 3.63) is 71.8 Å². The second kappa shape index (κ2) is 11.7. The molecule has 2 rings (SSSR count). The minimum absolute atomic E-state index is 0.197. The van der Waals surface area contributed by atoms with Crippen LogP contribution in [0.15, 0.2) is 60.7 Å². The molecule has 0 spiro atoms. The van der Waals surface area contributed by atoms with E-state index in [0.29, 0.717) is 0 Å². The predicted molar refractivity (Wildman–Crippen MR) is 128 cm³/mol. The number of carbonyl (C=O) groups excluding carboxylic acids is 2. The number of hydrogen-bond donors (Lipinski definition) is 2. The Morgan fingerprint density at radius 2 is 1.00 bits per heavy atom. The van der Waals surface area contributed by atoms with Crippen LogP contribution >= 0.6 is 0 Å². The van der Waals surface area contributed by atoms with Crippen molar-refractivity contribution >= 4 is 12.2 Å². The molecule has 0 radical (unpaired) electrons. The van der Waals surface area contributed by atoms with Crippen molar-refractivity contribution < 1.29 is 23.8 Å². The first-order valence-corrected chi connectivity index (χ1v) is 11.1. The largest absolute Gasteiger partial charge is 0.444 e. The van der Waals surface area contributed by atoms with Crippen molar-refractivity contribution in [1.82, 2.24) is 10.6 Å². The number of carbonyl (C=O) groups is 2. The molecule has 0 aliphatic rings. The Morgan fingerprint density at radius 3 is 1.30 bits per heavy atom. The van der Waals surface area contributed by atoms with Crippen LogP contribution in [0, 0.1) is 0 Å². The number of ether oxygens (including phenoxy) is 3. The standard InChI is InChI=1S/C26H36N2O5/c1-25(2,3)32-23(29)27-21(19-13-9-7-10-14-19)17-31-18-22(20-15-11-8-12-16-20)28-24(30)33-26(4,5)6/h7-16,21-22H,17-18H2,1-6H3,(H,27,29)(H,28,30)/t21-,22+. The summed E-state index contributed by atoms with van der Waals surface area (Å²) in [5.74, 6) is 0. The van der Waals surface area contributed by atoms with Gasteiger partial charge in [0.15, 0.2) is 0 Å². The number of amides is 2. The van der Waals surface area contributed by atoms with Crippen molar-refractivity contribution in [2.75, 3.05) is 13.2 Å². The van der Waals surface area contributed by atoms with Crippen molar-refractivity contribution in [1.29, 1.82) is 0 Å². The van der Waals surface area contributed by atoms with E-state index in [1.807, 2.05) is 102 Å². The molecule has 2 atom stereocenters. The Morgan fingerprint density at radius 1 is 0.667 bits per heavy atom. The molecular formula is C26H36N2O5. The van der Waals surface area contributed by atoms with E-state index in [1.165, 1.54) is 0 Å². The molecule has 2 aromatic carbocycles. The monoisotopic (exact) mass is 456 g/mol. The molecule has 7 heteroatoms. The lowest BCUT2D eigenvalue weighted by Gasteiger charge is -2.26. The summed E-state index contributed by atoms with van der Waals surface area (Å²) in [6, 6.07) is 18.2. The van der Waals surface area contributed by atoms with Crippen molar-refractivity contribution in [3.8, 4) is 0 Å². The highest BCUT2D eigenvalue weighted by Crippen LogP contribution is 2.18. The number of nitrogens with one attached hydrogen (secondary N) is 2. The molecule has 0 aliphatic carbocycles. The van der Waals surface area contributed by atoms with Crippen LogP contribution in [0.1, 0.15) is 64.8 Å². The van der Waals surface area contributed by atoms with Crippen LogP contribution in [-0.4, -0.2) is 36.6 Å². The van der Waals surface area contributed by atoms with Crippen LogP contribution < -0.4 is 10.6 Å². The van der Waals surface area contributed by atoms with Gasteiger partial charge in [-0.3, -0.25) is 0 Å². The summed E-state index contributed by atoms with van der Waals surface area (Å²) in [7, 11) is 0. The van der Waals surface area contributed by atoms with Crippen molar-refractivity contribution in [2.45, 2.75) is 64.8 Å². The van der Waals surface area contributed by atoms with Crippen LogP contribution in [0.5, 0.6) is 0 Å². The van der Waals surface area contributed by atoms with E-state index in [4.69, 9.17) is 14.2 Å². The maximum atomic E-state index is 12.4. The molecule has 2 amide bonds. The average Bonchev–Trinajstić information content (AvgIpc) is 2.71. The van der Waals surface area contributed by atoms with E-state index in [2.05, 4.69) is 10.6 Å². The van der Waals surface area contributed by atoms with Crippen LogP contribution in [-0.2, 0) is 14.2 Å². The predicted octanol–water partition coefficient (Wildman–Crippen LogP) is 5.54. The van der Waals surface area contributed by atoms with Crippen molar-refractivity contribution in [3.63, 3.8) is 0 Å². The quantitative estimate of drug-likeness (QED) is 0.545. The zero-order valence-electron chi connectivity index (χ0n) is 20.4. The molecule has 2 aromatic rings. The van der Waals surface area contributed by atoms with Gasteiger partial charge in [0, 0.05) is 0 Å². The van der Waals surface area contributed by atoms with Gasteiger partial charge in [-0.2, -0.15) is 0 Å². The lowest BCUT2D eigenvalue weighted by atomic mass is 10.1. The summed E-state index contributed by atoms with van der Waals surface area (Å²) in [6.07, 6.45) is -1.04. The van der Waals surface area contributed by atoms with Gasteiger partial charge in [-0.1, -0.05) is 60.7 Å². The van der Waals surface area contributed by atoms with Gasteiger partial charge < -0.3 is 24.8 Å². The maximum absolute atomic E-state index is 12.4. The molecule has 33 heavy (non-hydrogen) atoms. The van der Waals surface area contributed by atoms with Gasteiger partial charge in [0.05, 0.1) is 25.3 Å². The Hall–Kier alpha value is -3.06. The molecule has 0 saturated carbocycles. The number of hydrogen-bond acceptors (Lipinski definition) is 5. The molecule has 0 aromatic heterocycles. The van der Waals surface area contributed by atoms with Gasteiger partial charge in [0.1, 0.15) is 11.2 Å². The molecule has 0 unspecified atom stereocenters. The van der Waals surface area contributed by atoms with Gasteiger partial charge in [-0.05, 0) is 52.7 Å². The van der Waals surface area contributed by atoms with Gasteiger partial charge in [0.2, 0.25) is 0 Å². The third-order valence-electron chi connectivity index (χ3n) is 4.35. The fourth-order valence-corrected chi connectivity index (χ4v) is 3.02. The molecule has 2 N–H and O–H groups in total. The van der Waals surface area contributed by atoms with Gasteiger partial charge in [0.25, 0.3) is 0 Å².